The Labute approximate surface area is 183 Å². The van der Waals surface area contributed by atoms with Crippen molar-refractivity contribution in [1.29, 1.82) is 0 Å². The summed E-state index contributed by atoms with van der Waals surface area (Å²) < 4.78 is 47.2. The summed E-state index contributed by atoms with van der Waals surface area (Å²) in [6, 6.07) is 20.1. The fourth-order valence-electron chi connectivity index (χ4n) is 2.21. The van der Waals surface area contributed by atoms with Gasteiger partial charge in [0.15, 0.2) is 18.0 Å². The number of nitrogens with zero attached hydrogens (tertiary/aromatic N) is 2. The second-order valence-corrected chi connectivity index (χ2v) is 7.62. The van der Waals surface area contributed by atoms with Crippen LogP contribution in [0, 0.1) is 0 Å². The van der Waals surface area contributed by atoms with Crippen molar-refractivity contribution in [1.82, 2.24) is 0 Å². The lowest BCUT2D eigenvalue weighted by molar-refractivity contribution is -0.403. The summed E-state index contributed by atoms with van der Waals surface area (Å²) in [5.41, 5.74) is 0.592. The van der Waals surface area contributed by atoms with Gasteiger partial charge < -0.3 is 13.5 Å². The molecule has 0 atom stereocenters. The second kappa shape index (κ2) is 10.8. The van der Waals surface area contributed by atoms with Crippen LogP contribution in [0.5, 0.6) is 11.5 Å². The minimum Gasteiger partial charge on any atom is -0.453 e. The summed E-state index contributed by atoms with van der Waals surface area (Å²) in [5, 5.41) is 4.58. The van der Waals surface area contributed by atoms with Crippen molar-refractivity contribution in [2.45, 2.75) is 13.8 Å². The van der Waals surface area contributed by atoms with Crippen molar-refractivity contribution in [2.24, 2.45) is 8.80 Å². The van der Waals surface area contributed by atoms with E-state index in [4.69, 9.17) is 17.8 Å². The molecule has 0 aliphatic rings. The lowest BCUT2D eigenvalue weighted by Gasteiger charge is -2.03. The molecule has 0 bridgehead atoms. The van der Waals surface area contributed by atoms with Gasteiger partial charge in [-0.2, -0.15) is 12.8 Å². The number of rotatable bonds is 10. The summed E-state index contributed by atoms with van der Waals surface area (Å²) in [6.45, 7) is 3.17. The van der Waals surface area contributed by atoms with Crippen molar-refractivity contribution in [3.8, 4) is 11.5 Å². The van der Waals surface area contributed by atoms with Gasteiger partial charge in [-0.05, 0) is 50.2 Å². The van der Waals surface area contributed by atoms with E-state index in [2.05, 4.69) is 13.8 Å². The maximum absolute atomic E-state index is 12.1. The van der Waals surface area contributed by atoms with Crippen molar-refractivity contribution >= 4 is 34.0 Å². The Morgan fingerprint density at radius 3 is 2.06 bits per heavy atom. The SMILES string of the molecule is C/C(=N\SOOOc1ccccc1)c1ccc(/C(C)=N/S(=O)(=O)Oc2ccccc2)o1. The highest BCUT2D eigenvalue weighted by atomic mass is 32.2. The first-order valence-electron chi connectivity index (χ1n) is 8.86. The molecule has 1 aromatic heterocycles. The Morgan fingerprint density at radius 2 is 1.42 bits per heavy atom. The molecule has 3 rings (SSSR count). The van der Waals surface area contributed by atoms with E-state index in [-0.39, 0.29) is 17.2 Å². The van der Waals surface area contributed by atoms with Crippen LogP contribution in [0.15, 0.2) is 86.0 Å². The highest BCUT2D eigenvalue weighted by Gasteiger charge is 2.15. The quantitative estimate of drug-likeness (QED) is 0.106. The molecule has 0 radical (unpaired) electrons. The van der Waals surface area contributed by atoms with Gasteiger partial charge in [0.2, 0.25) is 0 Å². The van der Waals surface area contributed by atoms with Crippen LogP contribution in [0.3, 0.4) is 0 Å². The van der Waals surface area contributed by atoms with E-state index in [1.54, 1.807) is 61.5 Å². The van der Waals surface area contributed by atoms with Crippen LogP contribution in [-0.2, 0) is 19.7 Å². The summed E-state index contributed by atoms with van der Waals surface area (Å²) in [7, 11) is -4.19. The summed E-state index contributed by atoms with van der Waals surface area (Å²) in [6.07, 6.45) is 0. The van der Waals surface area contributed by atoms with Crippen molar-refractivity contribution < 1.29 is 31.3 Å². The van der Waals surface area contributed by atoms with Crippen LogP contribution in [-0.4, -0.2) is 19.8 Å². The fraction of sp³-hybridized carbons (Fsp3) is 0.100. The summed E-state index contributed by atoms with van der Waals surface area (Å²) >= 11 is 0.639. The average Bonchev–Trinajstić information content (AvgIpc) is 3.25. The van der Waals surface area contributed by atoms with Crippen molar-refractivity contribution in [3.63, 3.8) is 0 Å². The Balaban J connectivity index is 1.55. The third-order valence-electron chi connectivity index (χ3n) is 3.62. The molecule has 9 nitrogen and oxygen atoms in total. The molecule has 0 spiro atoms. The number of hydrogen-bond acceptors (Lipinski definition) is 9. The third-order valence-corrected chi connectivity index (χ3v) is 4.98. The predicted molar refractivity (Wildman–Crippen MR) is 116 cm³/mol. The van der Waals surface area contributed by atoms with E-state index in [0.717, 1.165) is 0 Å². The van der Waals surface area contributed by atoms with Crippen LogP contribution in [0.2, 0.25) is 0 Å². The monoisotopic (exact) mass is 462 g/mol. The zero-order valence-electron chi connectivity index (χ0n) is 16.5. The van der Waals surface area contributed by atoms with E-state index < -0.39 is 10.3 Å². The normalized spacial score (nSPS) is 12.6. The van der Waals surface area contributed by atoms with Gasteiger partial charge in [0.05, 0.1) is 11.4 Å². The molecule has 1 heterocycles. The van der Waals surface area contributed by atoms with Gasteiger partial charge in [0, 0.05) is 5.04 Å². The molecule has 0 aliphatic heterocycles. The smallest absolute Gasteiger partial charge is 0.428 e. The minimum atomic E-state index is -4.19. The van der Waals surface area contributed by atoms with Gasteiger partial charge in [-0.3, -0.25) is 0 Å². The minimum absolute atomic E-state index is 0.124. The standard InChI is InChI=1S/C20H18N2O7S2/c1-15(21-30-29-28-26-17-9-5-3-6-10-17)19-13-14-20(25-19)16(2)22-31(23,24)27-18-11-7-4-8-12-18/h3-14H,1-2H3/b21-15+,22-16+. The van der Waals surface area contributed by atoms with Crippen LogP contribution in [0.4, 0.5) is 0 Å². The Bertz CT molecular complexity index is 1140. The third kappa shape index (κ3) is 7.26. The van der Waals surface area contributed by atoms with E-state index in [1.165, 1.54) is 19.1 Å². The largest absolute Gasteiger partial charge is 0.453 e. The molecular weight excluding hydrogens is 444 g/mol. The van der Waals surface area contributed by atoms with Gasteiger partial charge >= 0.3 is 10.3 Å². The number of furan rings is 1. The maximum Gasteiger partial charge on any atom is 0.428 e. The zero-order valence-corrected chi connectivity index (χ0v) is 18.1. The fourth-order valence-corrected chi connectivity index (χ4v) is 3.32. The number of benzene rings is 2. The molecule has 162 valence electrons. The molecule has 0 amide bonds. The first-order chi connectivity index (χ1) is 14.9. The lowest BCUT2D eigenvalue weighted by atomic mass is 10.3. The predicted octanol–water partition coefficient (Wildman–Crippen LogP) is 4.73. The van der Waals surface area contributed by atoms with Crippen molar-refractivity contribution in [2.75, 3.05) is 0 Å². The van der Waals surface area contributed by atoms with Gasteiger partial charge in [-0.1, -0.05) is 40.7 Å². The first kappa shape index (κ1) is 22.6. The van der Waals surface area contributed by atoms with Gasteiger partial charge in [-0.15, -0.1) is 4.40 Å². The highest BCUT2D eigenvalue weighted by molar-refractivity contribution is 7.93. The Kier molecular flexibility index (Phi) is 7.84. The summed E-state index contributed by atoms with van der Waals surface area (Å²) in [5.74, 6) is 1.28. The molecular formula is C20H18N2O7S2. The molecule has 31 heavy (non-hydrogen) atoms. The van der Waals surface area contributed by atoms with Gasteiger partial charge in [0.25, 0.3) is 0 Å². The molecule has 0 saturated heterocycles. The molecule has 0 fully saturated rings. The topological polar surface area (TPSA) is 109 Å². The average molecular weight is 463 g/mol. The molecule has 0 saturated carbocycles. The van der Waals surface area contributed by atoms with Crippen molar-refractivity contribution in [3.05, 3.63) is 84.3 Å². The maximum atomic E-state index is 12.1. The van der Waals surface area contributed by atoms with Crippen LogP contribution < -0.4 is 9.07 Å². The first-order valence-corrected chi connectivity index (χ1v) is 10.9. The van der Waals surface area contributed by atoms with Gasteiger partial charge in [0.1, 0.15) is 17.3 Å². The van der Waals surface area contributed by atoms with E-state index in [1.807, 2.05) is 6.07 Å². The molecule has 11 heteroatoms. The highest BCUT2D eigenvalue weighted by Crippen LogP contribution is 2.17. The lowest BCUT2D eigenvalue weighted by Crippen LogP contribution is -2.09. The molecule has 0 unspecified atom stereocenters. The summed E-state index contributed by atoms with van der Waals surface area (Å²) in [4.78, 5) is 4.90. The Morgan fingerprint density at radius 1 is 0.839 bits per heavy atom. The molecule has 2 aromatic carbocycles. The van der Waals surface area contributed by atoms with Gasteiger partial charge in [-0.25, -0.2) is 0 Å². The van der Waals surface area contributed by atoms with E-state index >= 15 is 0 Å². The molecule has 0 aliphatic carbocycles. The van der Waals surface area contributed by atoms with Crippen LogP contribution >= 0.6 is 12.2 Å². The Hall–Kier alpha value is -3.12. The number of para-hydroxylation sites is 2. The number of hydrogen-bond donors (Lipinski definition) is 0. The van der Waals surface area contributed by atoms with Crippen LogP contribution in [0.1, 0.15) is 25.4 Å². The van der Waals surface area contributed by atoms with Crippen LogP contribution in [0.25, 0.3) is 0 Å². The second-order valence-electron chi connectivity index (χ2n) is 5.95. The zero-order chi connectivity index (χ0) is 22.1. The molecule has 3 aromatic rings. The van der Waals surface area contributed by atoms with E-state index in [9.17, 15) is 8.42 Å². The molecule has 0 N–H and O–H groups in total. The van der Waals surface area contributed by atoms with E-state index in [0.29, 0.717) is 29.5 Å².